The lowest BCUT2D eigenvalue weighted by Crippen LogP contribution is -2.45. The van der Waals surface area contributed by atoms with Crippen molar-refractivity contribution in [3.8, 4) is 5.88 Å². The SMILES string of the molecule is CCC1CN(C(=O)c2ccc(OCc3ccccc3)nc2)CCO1. The summed E-state index contributed by atoms with van der Waals surface area (Å²) in [6, 6.07) is 13.4. The van der Waals surface area contributed by atoms with Crippen LogP contribution in [0.25, 0.3) is 0 Å². The summed E-state index contributed by atoms with van der Waals surface area (Å²) in [6.45, 7) is 4.39. The number of rotatable bonds is 5. The molecule has 0 saturated carbocycles. The third-order valence-corrected chi connectivity index (χ3v) is 4.09. The molecule has 0 bridgehead atoms. The van der Waals surface area contributed by atoms with E-state index in [2.05, 4.69) is 11.9 Å². The average molecular weight is 326 g/mol. The molecule has 1 atom stereocenters. The molecule has 2 heterocycles. The predicted molar refractivity (Wildman–Crippen MR) is 90.9 cm³/mol. The molecule has 1 aromatic heterocycles. The van der Waals surface area contributed by atoms with Crippen molar-refractivity contribution >= 4 is 5.91 Å². The number of hydrogen-bond acceptors (Lipinski definition) is 4. The van der Waals surface area contributed by atoms with E-state index >= 15 is 0 Å². The average Bonchev–Trinajstić information content (AvgIpc) is 2.67. The number of ether oxygens (including phenoxy) is 2. The summed E-state index contributed by atoms with van der Waals surface area (Å²) in [6.07, 6.45) is 2.62. The van der Waals surface area contributed by atoms with Gasteiger partial charge in [-0.05, 0) is 18.1 Å². The molecule has 1 aliphatic rings. The number of hydrogen-bond donors (Lipinski definition) is 0. The molecule has 5 nitrogen and oxygen atoms in total. The van der Waals surface area contributed by atoms with Crippen LogP contribution in [0.4, 0.5) is 0 Å². The monoisotopic (exact) mass is 326 g/mol. The first kappa shape index (κ1) is 16.5. The number of nitrogens with zero attached hydrogens (tertiary/aromatic N) is 2. The van der Waals surface area contributed by atoms with Crippen LogP contribution in [-0.2, 0) is 11.3 Å². The first-order valence-electron chi connectivity index (χ1n) is 8.30. The minimum absolute atomic E-state index is 0.00106. The smallest absolute Gasteiger partial charge is 0.255 e. The van der Waals surface area contributed by atoms with Crippen LogP contribution in [0, 0.1) is 0 Å². The lowest BCUT2D eigenvalue weighted by molar-refractivity contribution is -0.0226. The van der Waals surface area contributed by atoms with Crippen molar-refractivity contribution in [2.75, 3.05) is 19.7 Å². The second kappa shape index (κ2) is 7.93. The van der Waals surface area contributed by atoms with Crippen LogP contribution in [0.1, 0.15) is 29.3 Å². The molecule has 0 radical (unpaired) electrons. The maximum atomic E-state index is 12.5. The molecule has 3 rings (SSSR count). The van der Waals surface area contributed by atoms with Gasteiger partial charge in [0.25, 0.3) is 5.91 Å². The zero-order chi connectivity index (χ0) is 16.8. The number of carbonyl (C=O) groups excluding carboxylic acids is 1. The molecule has 1 amide bonds. The molecule has 2 aromatic rings. The van der Waals surface area contributed by atoms with E-state index in [0.717, 1.165) is 12.0 Å². The second-order valence-electron chi connectivity index (χ2n) is 5.81. The van der Waals surface area contributed by atoms with E-state index < -0.39 is 0 Å². The maximum absolute atomic E-state index is 12.5. The molecule has 0 aliphatic carbocycles. The molecule has 5 heteroatoms. The van der Waals surface area contributed by atoms with E-state index in [9.17, 15) is 4.79 Å². The van der Waals surface area contributed by atoms with Gasteiger partial charge in [-0.25, -0.2) is 4.98 Å². The van der Waals surface area contributed by atoms with Crippen LogP contribution >= 0.6 is 0 Å². The van der Waals surface area contributed by atoms with Gasteiger partial charge >= 0.3 is 0 Å². The van der Waals surface area contributed by atoms with Crippen LogP contribution < -0.4 is 4.74 Å². The largest absolute Gasteiger partial charge is 0.473 e. The summed E-state index contributed by atoms with van der Waals surface area (Å²) in [5.41, 5.74) is 1.66. The second-order valence-corrected chi connectivity index (χ2v) is 5.81. The van der Waals surface area contributed by atoms with E-state index in [1.54, 1.807) is 18.3 Å². The number of morpholine rings is 1. The van der Waals surface area contributed by atoms with Gasteiger partial charge in [0.1, 0.15) is 6.61 Å². The summed E-state index contributed by atoms with van der Waals surface area (Å²) in [4.78, 5) is 18.6. The normalized spacial score (nSPS) is 17.5. The van der Waals surface area contributed by atoms with Crippen LogP contribution in [-0.4, -0.2) is 41.6 Å². The molecular weight excluding hydrogens is 304 g/mol. The predicted octanol–water partition coefficient (Wildman–Crippen LogP) is 2.91. The van der Waals surface area contributed by atoms with E-state index in [0.29, 0.717) is 37.7 Å². The molecule has 126 valence electrons. The van der Waals surface area contributed by atoms with Gasteiger partial charge in [0, 0.05) is 25.4 Å². The van der Waals surface area contributed by atoms with Crippen molar-refractivity contribution in [2.24, 2.45) is 0 Å². The highest BCUT2D eigenvalue weighted by atomic mass is 16.5. The van der Waals surface area contributed by atoms with Crippen LogP contribution in [0.3, 0.4) is 0 Å². The molecule has 1 aliphatic heterocycles. The lowest BCUT2D eigenvalue weighted by Gasteiger charge is -2.32. The van der Waals surface area contributed by atoms with Crippen LogP contribution in [0.5, 0.6) is 5.88 Å². The van der Waals surface area contributed by atoms with Gasteiger partial charge in [0.15, 0.2) is 0 Å². The van der Waals surface area contributed by atoms with Crippen molar-refractivity contribution < 1.29 is 14.3 Å². The fraction of sp³-hybridized carbons (Fsp3) is 0.368. The van der Waals surface area contributed by atoms with Crippen molar-refractivity contribution in [3.63, 3.8) is 0 Å². The molecular formula is C19H22N2O3. The summed E-state index contributed by atoms with van der Waals surface area (Å²) in [7, 11) is 0. The van der Waals surface area contributed by atoms with Gasteiger partial charge in [-0.1, -0.05) is 37.3 Å². The zero-order valence-corrected chi connectivity index (χ0v) is 13.9. The highest BCUT2D eigenvalue weighted by Gasteiger charge is 2.24. The first-order chi connectivity index (χ1) is 11.8. The Morgan fingerprint density at radius 1 is 1.29 bits per heavy atom. The fourth-order valence-corrected chi connectivity index (χ4v) is 2.66. The van der Waals surface area contributed by atoms with E-state index in [1.807, 2.05) is 35.2 Å². The third-order valence-electron chi connectivity index (χ3n) is 4.09. The van der Waals surface area contributed by atoms with Crippen molar-refractivity contribution in [3.05, 3.63) is 59.8 Å². The van der Waals surface area contributed by atoms with Crippen LogP contribution in [0.2, 0.25) is 0 Å². The Hall–Kier alpha value is -2.40. The standard InChI is InChI=1S/C19H22N2O3/c1-2-17-13-21(10-11-23-17)19(22)16-8-9-18(20-12-16)24-14-15-6-4-3-5-7-15/h3-9,12,17H,2,10-11,13-14H2,1H3. The number of carbonyl (C=O) groups is 1. The molecule has 0 N–H and O–H groups in total. The van der Waals surface area contributed by atoms with Gasteiger partial charge in [-0.15, -0.1) is 0 Å². The Morgan fingerprint density at radius 3 is 2.83 bits per heavy atom. The Morgan fingerprint density at radius 2 is 2.12 bits per heavy atom. The van der Waals surface area contributed by atoms with Gasteiger partial charge < -0.3 is 14.4 Å². The van der Waals surface area contributed by atoms with Crippen LogP contribution in [0.15, 0.2) is 48.7 Å². The van der Waals surface area contributed by atoms with Gasteiger partial charge in [0.05, 0.1) is 18.3 Å². The summed E-state index contributed by atoms with van der Waals surface area (Å²) >= 11 is 0. The molecule has 24 heavy (non-hydrogen) atoms. The maximum Gasteiger partial charge on any atom is 0.255 e. The quantitative estimate of drug-likeness (QED) is 0.848. The Kier molecular flexibility index (Phi) is 5.43. The van der Waals surface area contributed by atoms with Crippen molar-refractivity contribution in [2.45, 2.75) is 26.1 Å². The summed E-state index contributed by atoms with van der Waals surface area (Å²) in [5.74, 6) is 0.516. The Balaban J connectivity index is 1.58. The Bertz CT molecular complexity index is 658. The number of pyridine rings is 1. The van der Waals surface area contributed by atoms with E-state index in [4.69, 9.17) is 9.47 Å². The minimum atomic E-state index is -0.00106. The summed E-state index contributed by atoms with van der Waals surface area (Å²) in [5, 5.41) is 0. The number of amides is 1. The fourth-order valence-electron chi connectivity index (χ4n) is 2.66. The zero-order valence-electron chi connectivity index (χ0n) is 13.9. The van der Waals surface area contributed by atoms with Crippen molar-refractivity contribution in [1.29, 1.82) is 0 Å². The molecule has 1 aromatic carbocycles. The Labute approximate surface area is 142 Å². The molecule has 1 saturated heterocycles. The topological polar surface area (TPSA) is 51.7 Å². The molecule has 0 spiro atoms. The highest BCUT2D eigenvalue weighted by molar-refractivity contribution is 5.94. The van der Waals surface area contributed by atoms with Gasteiger partial charge in [0.2, 0.25) is 5.88 Å². The minimum Gasteiger partial charge on any atom is -0.473 e. The van der Waals surface area contributed by atoms with E-state index in [-0.39, 0.29) is 12.0 Å². The van der Waals surface area contributed by atoms with Crippen molar-refractivity contribution in [1.82, 2.24) is 9.88 Å². The van der Waals surface area contributed by atoms with Gasteiger partial charge in [-0.2, -0.15) is 0 Å². The number of benzene rings is 1. The van der Waals surface area contributed by atoms with E-state index in [1.165, 1.54) is 0 Å². The highest BCUT2D eigenvalue weighted by Crippen LogP contribution is 2.15. The first-order valence-corrected chi connectivity index (χ1v) is 8.30. The molecule has 1 unspecified atom stereocenters. The molecule has 1 fully saturated rings. The number of aromatic nitrogens is 1. The third kappa shape index (κ3) is 4.11. The summed E-state index contributed by atoms with van der Waals surface area (Å²) < 4.78 is 11.3. The lowest BCUT2D eigenvalue weighted by atomic mass is 10.2. The van der Waals surface area contributed by atoms with Gasteiger partial charge in [-0.3, -0.25) is 4.79 Å².